The van der Waals surface area contributed by atoms with Crippen molar-refractivity contribution < 1.29 is 8.81 Å². The predicted molar refractivity (Wildman–Crippen MR) is 567 cm³/mol. The SMILES string of the molecule is CC(C)c1cc2cc(C(C)C)[nH]c2cn1.CC(C)c1ccc(C(C)C)nc1.CC(C)c1ccc2[nH]c(C(C)C)c(F)c2c1.CC(C)c1ccc2[nH]c(C(C)C)cc2c1.CC(C)c1ccc2[nH]cc(C(C)C)c2c1.CC(C)c1ccc2oc(C(C)C)cc2c1.CC(C)c1ccc2sc(C(C)C)nc2c1.CC(C)c1cnc(C(C)C)nc1.CC(C)c1cnc2c(c1)cc(C(C)C)n2C. The van der Waals surface area contributed by atoms with Crippen LogP contribution in [-0.2, 0) is 7.05 Å². The zero-order valence-electron chi connectivity index (χ0n) is 87.0. The molecule has 0 saturated carbocycles. The number of hydrogen-bond donors (Lipinski definition) is 4. The number of fused-ring (bicyclic) bond motifs is 7. The molecule has 0 saturated heterocycles. The summed E-state index contributed by atoms with van der Waals surface area (Å²) in [6, 6.07) is 50.2. The van der Waals surface area contributed by atoms with Crippen LogP contribution in [0.15, 0.2) is 181 Å². The number of H-pyrrole nitrogens is 4. The monoisotopic (exact) mass is 1790 g/mol. The standard InChI is InChI=1S/C14H18FN.C14H20N2.2C14H19N.C14H18O.C13H18N2.C13H17NS.C11H17N.C10H16N2/c1-8(2)10-5-6-12-11(7-10)13(15)14(16-12)9(3)4;1-9(2)12-6-11-7-13(10(3)4)16(5)14(11)15-8-12;1-9(2)11-5-6-14-12(7-11)13(8-15-14)10(3)4;2*1-9(2)11-5-6-13-12(7-11)8-14(15-13)10(3)4;1-8(2)11-5-10-6-12(9(3)4)15-13(10)7-14-11;1-8(2)10-5-6-12-11(7-10)14-13(15-12)9(3)4;1-8(2)10-5-6-11(9(3)4)12-7-10;1-7(2)9-5-11-10(8(3)4)12-6-9/h5-9,16H,1-4H3;6-10H,1-5H3;2*5-10,15H,1-4H3;5-10H,1-4H3;5-9,15H,1-4H3;5-9H,1-4H3;5-9H,1-4H3;5-8H,1-4H3. The average Bonchev–Trinajstić information content (AvgIpc) is 1.60. The summed E-state index contributed by atoms with van der Waals surface area (Å²) in [5.41, 5.74) is 26.8. The van der Waals surface area contributed by atoms with E-state index in [4.69, 9.17) is 4.42 Å². The van der Waals surface area contributed by atoms with E-state index in [1.807, 2.05) is 68.3 Å². The van der Waals surface area contributed by atoms with Crippen LogP contribution in [0.4, 0.5) is 4.39 Å². The van der Waals surface area contributed by atoms with Gasteiger partial charge in [-0.2, -0.15) is 0 Å². The third-order valence-corrected chi connectivity index (χ3v) is 25.6. The molecule has 0 bridgehead atoms. The van der Waals surface area contributed by atoms with Crippen molar-refractivity contribution in [3.8, 4) is 0 Å². The molecule has 5 aromatic carbocycles. The zero-order chi connectivity index (χ0) is 97.0. The lowest BCUT2D eigenvalue weighted by Crippen LogP contribution is -1.99. The van der Waals surface area contributed by atoms with Crippen LogP contribution in [0.2, 0.25) is 0 Å². The molecule has 16 aromatic rings. The lowest BCUT2D eigenvalue weighted by molar-refractivity contribution is 0.521. The smallest absolute Gasteiger partial charge is 0.151 e. The molecule has 4 N–H and O–H groups in total. The topological polar surface area (TPSA) is 159 Å². The number of aryl methyl sites for hydroxylation is 1. The zero-order valence-corrected chi connectivity index (χ0v) is 87.8. The first-order valence-corrected chi connectivity index (χ1v) is 49.6. The van der Waals surface area contributed by atoms with E-state index >= 15 is 0 Å². The summed E-state index contributed by atoms with van der Waals surface area (Å²) < 4.78 is 23.4. The van der Waals surface area contributed by atoms with Gasteiger partial charge in [0, 0.05) is 128 Å². The second-order valence-electron chi connectivity index (χ2n) is 41.4. The van der Waals surface area contributed by atoms with Crippen molar-refractivity contribution >= 4 is 87.2 Å². The molecule has 11 heterocycles. The minimum atomic E-state index is -0.0903. The molecule has 0 aliphatic rings. The summed E-state index contributed by atoms with van der Waals surface area (Å²) >= 11 is 1.81. The Morgan fingerprint density at radius 2 is 0.786 bits per heavy atom. The largest absolute Gasteiger partial charge is 0.461 e. The Hall–Kier alpha value is -10.3. The van der Waals surface area contributed by atoms with Gasteiger partial charge < -0.3 is 28.9 Å². The second-order valence-corrected chi connectivity index (χ2v) is 42.5. The van der Waals surface area contributed by atoms with Gasteiger partial charge >= 0.3 is 0 Å². The fourth-order valence-corrected chi connectivity index (χ4v) is 15.9. The van der Waals surface area contributed by atoms with Crippen molar-refractivity contribution in [1.29, 1.82) is 0 Å². The first kappa shape index (κ1) is 106. The predicted octanol–water partition coefficient (Wildman–Crippen LogP) is 36.3. The number of aromatic amines is 4. The molecule has 0 aliphatic carbocycles. The number of benzene rings is 5. The van der Waals surface area contributed by atoms with Crippen molar-refractivity contribution in [2.75, 3.05) is 0 Å². The Morgan fingerprint density at radius 3 is 1.28 bits per heavy atom. The van der Waals surface area contributed by atoms with Crippen molar-refractivity contribution in [2.45, 2.75) is 356 Å². The van der Waals surface area contributed by atoms with Crippen LogP contribution in [0.5, 0.6) is 0 Å². The molecule has 0 aliphatic heterocycles. The first-order chi connectivity index (χ1) is 61.6. The van der Waals surface area contributed by atoms with Gasteiger partial charge in [0.25, 0.3) is 0 Å². The third-order valence-electron chi connectivity index (χ3n) is 24.3. The Bertz CT molecular complexity index is 5680. The van der Waals surface area contributed by atoms with Gasteiger partial charge in [0.2, 0.25) is 0 Å². The number of nitrogens with one attached hydrogen (secondary N) is 4. The molecule has 0 atom stereocenters. The second kappa shape index (κ2) is 48.4. The lowest BCUT2D eigenvalue weighted by atomic mass is 9.97. The average molecular weight is 1790 g/mol. The summed E-state index contributed by atoms with van der Waals surface area (Å²) in [6.07, 6.45) is 11.9. The summed E-state index contributed by atoms with van der Waals surface area (Å²) in [5, 5.41) is 8.45. The molecule has 0 amide bonds. The molecule has 704 valence electrons. The van der Waals surface area contributed by atoms with Crippen LogP contribution in [0.1, 0.15) is 457 Å². The van der Waals surface area contributed by atoms with E-state index in [1.165, 1.54) is 121 Å². The lowest BCUT2D eigenvalue weighted by Gasteiger charge is -2.07. The molecule has 14 heteroatoms. The van der Waals surface area contributed by atoms with Crippen molar-refractivity contribution in [3.63, 3.8) is 0 Å². The first-order valence-electron chi connectivity index (χ1n) is 48.8. The highest BCUT2D eigenvalue weighted by atomic mass is 32.1. The van der Waals surface area contributed by atoms with Gasteiger partial charge in [-0.25, -0.2) is 24.3 Å². The van der Waals surface area contributed by atoms with Crippen molar-refractivity contribution in [2.24, 2.45) is 7.05 Å². The molecule has 16 rings (SSSR count). The fourth-order valence-electron chi connectivity index (χ4n) is 15.0. The molecule has 0 unspecified atom stereocenters. The summed E-state index contributed by atoms with van der Waals surface area (Å²) in [4.78, 5) is 40.0. The number of pyridine rings is 3. The maximum Gasteiger partial charge on any atom is 0.151 e. The molecule has 131 heavy (non-hydrogen) atoms. The van der Waals surface area contributed by atoms with Crippen LogP contribution in [0, 0.1) is 5.82 Å². The molecular formula is C117H162FN11OS. The number of hydrogen-bond acceptors (Lipinski definition) is 8. The van der Waals surface area contributed by atoms with E-state index in [0.717, 1.165) is 50.4 Å². The van der Waals surface area contributed by atoms with Crippen LogP contribution >= 0.6 is 11.3 Å². The summed E-state index contributed by atoms with van der Waals surface area (Å²) in [6.45, 7) is 78.4. The Labute approximate surface area is 791 Å². The normalized spacial score (nSPS) is 11.8. The van der Waals surface area contributed by atoms with E-state index < -0.39 is 0 Å². The molecule has 11 aromatic heterocycles. The Kier molecular flexibility index (Phi) is 39.2. The van der Waals surface area contributed by atoms with E-state index in [9.17, 15) is 4.39 Å². The Balaban J connectivity index is 0.000000182. The minimum absolute atomic E-state index is 0.0903. The number of nitrogens with zero attached hydrogens (tertiary/aromatic N) is 7. The number of furan rings is 1. The number of aromatic nitrogens is 11. The number of thiazole rings is 1. The third kappa shape index (κ3) is 29.3. The van der Waals surface area contributed by atoms with Gasteiger partial charge in [0.15, 0.2) is 5.82 Å². The van der Waals surface area contributed by atoms with E-state index in [1.54, 1.807) is 0 Å². The van der Waals surface area contributed by atoms with Crippen molar-refractivity contribution in [1.82, 2.24) is 54.4 Å². The van der Waals surface area contributed by atoms with Gasteiger partial charge in [0.1, 0.15) is 22.8 Å². The minimum Gasteiger partial charge on any atom is -0.461 e. The highest BCUT2D eigenvalue weighted by Crippen LogP contribution is 2.36. The summed E-state index contributed by atoms with van der Waals surface area (Å²) in [7, 11) is 2.10. The van der Waals surface area contributed by atoms with Gasteiger partial charge in [0.05, 0.1) is 32.6 Å². The van der Waals surface area contributed by atoms with Gasteiger partial charge in [-0.05, 0) is 247 Å². The van der Waals surface area contributed by atoms with Gasteiger partial charge in [-0.15, -0.1) is 11.3 Å². The fraction of sp³-hybridized carbons (Fsp3) is 0.470. The van der Waals surface area contributed by atoms with Gasteiger partial charge in [-0.3, -0.25) is 9.97 Å². The highest BCUT2D eigenvalue weighted by Gasteiger charge is 2.19. The Morgan fingerprint density at radius 1 is 0.321 bits per heavy atom. The molecule has 0 fully saturated rings. The van der Waals surface area contributed by atoms with Crippen LogP contribution in [0.25, 0.3) is 75.8 Å². The van der Waals surface area contributed by atoms with Crippen LogP contribution in [-0.4, -0.2) is 54.4 Å². The molecular weight excluding hydrogens is 1630 g/mol. The highest BCUT2D eigenvalue weighted by molar-refractivity contribution is 7.18. The molecule has 12 nitrogen and oxygen atoms in total. The van der Waals surface area contributed by atoms with Crippen LogP contribution in [0.3, 0.4) is 0 Å². The van der Waals surface area contributed by atoms with E-state index in [2.05, 4.69) is 430 Å². The molecule has 0 spiro atoms. The van der Waals surface area contributed by atoms with E-state index in [0.29, 0.717) is 106 Å². The quantitative estimate of drug-likeness (QED) is 0.0666. The maximum atomic E-state index is 14.1. The maximum absolute atomic E-state index is 14.1. The van der Waals surface area contributed by atoms with Crippen molar-refractivity contribution in [3.05, 3.63) is 283 Å². The van der Waals surface area contributed by atoms with E-state index in [-0.39, 0.29) is 11.7 Å². The summed E-state index contributed by atoms with van der Waals surface area (Å²) in [5.74, 6) is 11.2. The molecule has 0 radical (unpaired) electrons. The van der Waals surface area contributed by atoms with Gasteiger partial charge in [-0.1, -0.05) is 286 Å². The number of halogens is 1. The van der Waals surface area contributed by atoms with Crippen LogP contribution < -0.4 is 0 Å². The number of rotatable bonds is 18.